The molecule has 1 aliphatic carbocycles. The van der Waals surface area contributed by atoms with Crippen molar-refractivity contribution in [3.8, 4) is 17.1 Å². The highest BCUT2D eigenvalue weighted by Gasteiger charge is 2.27. The second kappa shape index (κ2) is 7.80. The summed E-state index contributed by atoms with van der Waals surface area (Å²) in [6.07, 6.45) is 3.13. The minimum absolute atomic E-state index is 0.0312. The minimum Gasteiger partial charge on any atom is -0.497 e. The van der Waals surface area contributed by atoms with Crippen LogP contribution in [0.15, 0.2) is 48.5 Å². The first-order valence-corrected chi connectivity index (χ1v) is 9.41. The second-order valence-electron chi connectivity index (χ2n) is 6.99. The van der Waals surface area contributed by atoms with Gasteiger partial charge in [-0.05, 0) is 47.7 Å². The van der Waals surface area contributed by atoms with E-state index in [1.165, 1.54) is 15.9 Å². The molecule has 1 atom stereocenters. The Morgan fingerprint density at radius 3 is 2.96 bits per heavy atom. The molecule has 0 radical (unpaired) electrons. The van der Waals surface area contributed by atoms with Gasteiger partial charge in [0.2, 0.25) is 11.7 Å². The molecule has 7 nitrogen and oxygen atoms in total. The zero-order chi connectivity index (χ0) is 19.5. The number of methoxy groups -OCH3 is 1. The molecule has 2 aromatic carbocycles. The zero-order valence-corrected chi connectivity index (χ0v) is 16.1. The third kappa shape index (κ3) is 3.60. The lowest BCUT2D eigenvalue weighted by molar-refractivity contribution is -0.133. The van der Waals surface area contributed by atoms with Gasteiger partial charge in [0.05, 0.1) is 13.2 Å². The normalized spacial score (nSPS) is 15.7. The van der Waals surface area contributed by atoms with Crippen LogP contribution in [0.1, 0.15) is 30.0 Å². The van der Waals surface area contributed by atoms with E-state index in [2.05, 4.69) is 33.6 Å². The summed E-state index contributed by atoms with van der Waals surface area (Å²) in [6, 6.07) is 15.9. The molecule has 0 bridgehead atoms. The topological polar surface area (TPSA) is 73.1 Å². The number of aryl methyl sites for hydroxylation is 1. The number of benzene rings is 2. The van der Waals surface area contributed by atoms with Crippen LogP contribution in [0.5, 0.6) is 5.75 Å². The Bertz CT molecular complexity index is 984. The molecule has 7 heteroatoms. The Morgan fingerprint density at radius 1 is 1.25 bits per heavy atom. The lowest BCUT2D eigenvalue weighted by Crippen LogP contribution is -2.36. The van der Waals surface area contributed by atoms with Crippen LogP contribution in [0.4, 0.5) is 0 Å². The van der Waals surface area contributed by atoms with Gasteiger partial charge < -0.3 is 9.64 Å². The summed E-state index contributed by atoms with van der Waals surface area (Å²) in [7, 11) is 3.47. The van der Waals surface area contributed by atoms with Crippen molar-refractivity contribution < 1.29 is 9.53 Å². The molecule has 28 heavy (non-hydrogen) atoms. The molecule has 144 valence electrons. The van der Waals surface area contributed by atoms with E-state index in [4.69, 9.17) is 4.74 Å². The first kappa shape index (κ1) is 18.2. The summed E-state index contributed by atoms with van der Waals surface area (Å²) in [5, 5.41) is 12.5. The molecule has 0 saturated heterocycles. The number of hydrogen-bond donors (Lipinski definition) is 0. The first-order chi connectivity index (χ1) is 13.7. The lowest BCUT2D eigenvalue weighted by atomic mass is 9.87. The molecular weight excluding hydrogens is 354 g/mol. The fourth-order valence-corrected chi connectivity index (χ4v) is 3.72. The number of hydrogen-bond acceptors (Lipinski definition) is 5. The van der Waals surface area contributed by atoms with Crippen molar-refractivity contribution in [3.63, 3.8) is 0 Å². The number of ether oxygens (including phenoxy) is 1. The highest BCUT2D eigenvalue weighted by molar-refractivity contribution is 5.76. The number of carbonyl (C=O) groups is 1. The molecule has 0 fully saturated rings. The number of aromatic nitrogens is 4. The van der Waals surface area contributed by atoms with Gasteiger partial charge in [-0.2, -0.15) is 4.80 Å². The summed E-state index contributed by atoms with van der Waals surface area (Å²) < 4.78 is 5.23. The lowest BCUT2D eigenvalue weighted by Gasteiger charge is -2.33. The van der Waals surface area contributed by atoms with Gasteiger partial charge in [-0.3, -0.25) is 4.79 Å². The Balaban J connectivity index is 1.48. The molecule has 1 heterocycles. The zero-order valence-electron chi connectivity index (χ0n) is 16.1. The van der Waals surface area contributed by atoms with Crippen LogP contribution in [0, 0.1) is 0 Å². The van der Waals surface area contributed by atoms with Gasteiger partial charge in [-0.1, -0.05) is 36.4 Å². The van der Waals surface area contributed by atoms with E-state index in [9.17, 15) is 4.79 Å². The van der Waals surface area contributed by atoms with Crippen molar-refractivity contribution in [2.24, 2.45) is 0 Å². The average molecular weight is 377 g/mol. The van der Waals surface area contributed by atoms with E-state index in [-0.39, 0.29) is 18.5 Å². The predicted molar refractivity (Wildman–Crippen MR) is 105 cm³/mol. The molecule has 1 aliphatic rings. The van der Waals surface area contributed by atoms with Crippen LogP contribution >= 0.6 is 0 Å². The van der Waals surface area contributed by atoms with Gasteiger partial charge in [0.25, 0.3) is 0 Å². The Hall–Kier alpha value is -3.22. The van der Waals surface area contributed by atoms with Crippen LogP contribution in [-0.2, 0) is 17.8 Å². The standard InChI is InChI=1S/C21H23N5O2/c1-25(19-12-6-8-15-7-3-4-11-18(15)19)20(27)14-26-23-21(22-24-26)16-9-5-10-17(13-16)28-2/h3-5,7,9-11,13,19H,6,8,12,14H2,1-2H3/t19-/m0/s1. The number of fused-ring (bicyclic) bond motifs is 1. The Labute approximate surface area is 163 Å². The van der Waals surface area contributed by atoms with Crippen LogP contribution in [0.2, 0.25) is 0 Å². The maximum atomic E-state index is 12.8. The molecule has 1 amide bonds. The molecule has 0 N–H and O–H groups in total. The van der Waals surface area contributed by atoms with Crippen molar-refractivity contribution in [2.45, 2.75) is 31.8 Å². The van der Waals surface area contributed by atoms with Crippen molar-refractivity contribution >= 4 is 5.91 Å². The predicted octanol–water partition coefficient (Wildman–Crippen LogP) is 2.88. The van der Waals surface area contributed by atoms with Crippen molar-refractivity contribution in [2.75, 3.05) is 14.2 Å². The monoisotopic (exact) mass is 377 g/mol. The van der Waals surface area contributed by atoms with E-state index in [1.807, 2.05) is 42.3 Å². The number of rotatable bonds is 5. The van der Waals surface area contributed by atoms with Crippen LogP contribution in [0.3, 0.4) is 0 Å². The molecule has 4 rings (SSSR count). The molecule has 0 unspecified atom stereocenters. The summed E-state index contributed by atoms with van der Waals surface area (Å²) in [4.78, 5) is 16.0. The molecule has 0 saturated carbocycles. The molecule has 0 aliphatic heterocycles. The third-order valence-electron chi connectivity index (χ3n) is 5.26. The smallest absolute Gasteiger partial charge is 0.246 e. The SMILES string of the molecule is COc1cccc(-c2nnn(CC(=O)N(C)[C@H]3CCCc4ccccc43)n2)c1. The van der Waals surface area contributed by atoms with Gasteiger partial charge in [-0.25, -0.2) is 0 Å². The Morgan fingerprint density at radius 2 is 2.11 bits per heavy atom. The molecule has 0 spiro atoms. The van der Waals surface area contributed by atoms with Crippen molar-refractivity contribution in [1.29, 1.82) is 0 Å². The first-order valence-electron chi connectivity index (χ1n) is 9.41. The molecule has 1 aromatic heterocycles. The number of amides is 1. The third-order valence-corrected chi connectivity index (χ3v) is 5.26. The molecular formula is C21H23N5O2. The highest BCUT2D eigenvalue weighted by Crippen LogP contribution is 2.33. The van der Waals surface area contributed by atoms with Gasteiger partial charge in [0.1, 0.15) is 12.3 Å². The number of carbonyl (C=O) groups excluding carboxylic acids is 1. The van der Waals surface area contributed by atoms with E-state index in [0.29, 0.717) is 5.82 Å². The summed E-state index contributed by atoms with van der Waals surface area (Å²) >= 11 is 0. The summed E-state index contributed by atoms with van der Waals surface area (Å²) in [6.45, 7) is 0.0616. The molecule has 3 aromatic rings. The van der Waals surface area contributed by atoms with Gasteiger partial charge in [-0.15, -0.1) is 10.2 Å². The van der Waals surface area contributed by atoms with E-state index in [0.717, 1.165) is 30.6 Å². The van der Waals surface area contributed by atoms with Gasteiger partial charge in [0, 0.05) is 12.6 Å². The van der Waals surface area contributed by atoms with E-state index < -0.39 is 0 Å². The minimum atomic E-state index is -0.0312. The van der Waals surface area contributed by atoms with Gasteiger partial charge in [0.15, 0.2) is 0 Å². The van der Waals surface area contributed by atoms with E-state index in [1.54, 1.807) is 7.11 Å². The number of tetrazole rings is 1. The van der Waals surface area contributed by atoms with Gasteiger partial charge >= 0.3 is 0 Å². The fourth-order valence-electron chi connectivity index (χ4n) is 3.72. The Kier molecular flexibility index (Phi) is 5.06. The maximum Gasteiger partial charge on any atom is 0.246 e. The van der Waals surface area contributed by atoms with Crippen LogP contribution in [0.25, 0.3) is 11.4 Å². The van der Waals surface area contributed by atoms with Crippen molar-refractivity contribution in [3.05, 3.63) is 59.7 Å². The second-order valence-corrected chi connectivity index (χ2v) is 6.99. The highest BCUT2D eigenvalue weighted by atomic mass is 16.5. The fraction of sp³-hybridized carbons (Fsp3) is 0.333. The average Bonchev–Trinajstić information content (AvgIpc) is 3.21. The summed E-state index contributed by atoms with van der Waals surface area (Å²) in [5.41, 5.74) is 3.37. The van der Waals surface area contributed by atoms with E-state index >= 15 is 0 Å². The summed E-state index contributed by atoms with van der Waals surface area (Å²) in [5.74, 6) is 1.16. The number of likely N-dealkylation sites (N-methyl/N-ethyl adjacent to an activating group) is 1. The van der Waals surface area contributed by atoms with Crippen molar-refractivity contribution in [1.82, 2.24) is 25.1 Å². The number of nitrogens with zero attached hydrogens (tertiary/aromatic N) is 5. The van der Waals surface area contributed by atoms with Crippen LogP contribution < -0.4 is 4.74 Å². The van der Waals surface area contributed by atoms with Crippen LogP contribution in [-0.4, -0.2) is 45.2 Å². The largest absolute Gasteiger partial charge is 0.497 e. The maximum absolute atomic E-state index is 12.8. The quantitative estimate of drug-likeness (QED) is 0.684.